The van der Waals surface area contributed by atoms with Gasteiger partial charge < -0.3 is 5.21 Å². The number of halogens is 1. The van der Waals surface area contributed by atoms with E-state index in [-0.39, 0.29) is 0 Å². The summed E-state index contributed by atoms with van der Waals surface area (Å²) in [5.41, 5.74) is 1.85. The van der Waals surface area contributed by atoms with Crippen LogP contribution in [0.3, 0.4) is 0 Å². The fourth-order valence-corrected chi connectivity index (χ4v) is 1.42. The molecular formula is C9H10BrNO. The van der Waals surface area contributed by atoms with Crippen LogP contribution in [0.15, 0.2) is 33.9 Å². The highest BCUT2D eigenvalue weighted by Gasteiger charge is 1.96. The third-order valence-electron chi connectivity index (χ3n) is 1.52. The van der Waals surface area contributed by atoms with Crippen molar-refractivity contribution in [3.63, 3.8) is 0 Å². The average molecular weight is 228 g/mol. The maximum atomic E-state index is 8.44. The van der Waals surface area contributed by atoms with Crippen LogP contribution in [0.1, 0.15) is 12.5 Å². The quantitative estimate of drug-likeness (QED) is 0.471. The Balaban J connectivity index is 2.76. The zero-order valence-electron chi connectivity index (χ0n) is 6.79. The Morgan fingerprint density at radius 2 is 2.33 bits per heavy atom. The Morgan fingerprint density at radius 3 is 2.92 bits per heavy atom. The molecule has 0 saturated heterocycles. The van der Waals surface area contributed by atoms with Gasteiger partial charge in [0.1, 0.15) is 0 Å². The van der Waals surface area contributed by atoms with Gasteiger partial charge >= 0.3 is 0 Å². The molecule has 0 atom stereocenters. The van der Waals surface area contributed by atoms with E-state index < -0.39 is 0 Å². The van der Waals surface area contributed by atoms with Crippen molar-refractivity contribution in [1.29, 1.82) is 0 Å². The molecule has 0 fully saturated rings. The van der Waals surface area contributed by atoms with Crippen LogP contribution in [0.2, 0.25) is 0 Å². The molecule has 0 bridgehead atoms. The summed E-state index contributed by atoms with van der Waals surface area (Å²) < 4.78 is 1.05. The summed E-state index contributed by atoms with van der Waals surface area (Å²) in [5, 5.41) is 11.6. The summed E-state index contributed by atoms with van der Waals surface area (Å²) in [4.78, 5) is 0. The third kappa shape index (κ3) is 2.66. The molecule has 12 heavy (non-hydrogen) atoms. The van der Waals surface area contributed by atoms with E-state index >= 15 is 0 Å². The molecule has 1 aromatic rings. The highest BCUT2D eigenvalue weighted by Crippen LogP contribution is 2.12. The van der Waals surface area contributed by atoms with Gasteiger partial charge in [-0.05, 0) is 24.6 Å². The smallest absolute Gasteiger partial charge is 0.0583 e. The lowest BCUT2D eigenvalue weighted by Crippen LogP contribution is -1.96. The van der Waals surface area contributed by atoms with E-state index in [1.165, 1.54) is 0 Å². The van der Waals surface area contributed by atoms with Crippen molar-refractivity contribution in [2.75, 3.05) is 0 Å². The van der Waals surface area contributed by atoms with Gasteiger partial charge in [0.15, 0.2) is 0 Å². The van der Waals surface area contributed by atoms with Crippen LogP contribution in [0.5, 0.6) is 0 Å². The Hall–Kier alpha value is -0.830. The summed E-state index contributed by atoms with van der Waals surface area (Å²) >= 11 is 3.37. The number of hydrogen-bond donors (Lipinski definition) is 1. The summed E-state index contributed by atoms with van der Waals surface area (Å²) in [7, 11) is 0. The van der Waals surface area contributed by atoms with Crippen LogP contribution >= 0.6 is 15.9 Å². The van der Waals surface area contributed by atoms with Crippen molar-refractivity contribution in [1.82, 2.24) is 0 Å². The molecule has 1 N–H and O–H groups in total. The maximum absolute atomic E-state index is 8.44. The predicted octanol–water partition coefficient (Wildman–Crippen LogP) is 2.84. The lowest BCUT2D eigenvalue weighted by atomic mass is 10.1. The number of benzene rings is 1. The zero-order chi connectivity index (χ0) is 8.97. The maximum Gasteiger partial charge on any atom is 0.0583 e. The van der Waals surface area contributed by atoms with Gasteiger partial charge in [-0.1, -0.05) is 33.2 Å². The summed E-state index contributed by atoms with van der Waals surface area (Å²) in [5.74, 6) is 0. The first-order valence-electron chi connectivity index (χ1n) is 3.64. The van der Waals surface area contributed by atoms with Crippen LogP contribution in [0.25, 0.3) is 0 Å². The SMILES string of the molecule is CC(Cc1cccc(Br)c1)=NO. The Labute approximate surface area is 80.0 Å². The number of rotatable bonds is 2. The first kappa shape index (κ1) is 9.26. The predicted molar refractivity (Wildman–Crippen MR) is 52.7 cm³/mol. The van der Waals surface area contributed by atoms with Crippen LogP contribution in [-0.2, 0) is 6.42 Å². The van der Waals surface area contributed by atoms with Gasteiger partial charge in [0, 0.05) is 10.9 Å². The average Bonchev–Trinajstić information content (AvgIpc) is 2.04. The molecular weight excluding hydrogens is 218 g/mol. The van der Waals surface area contributed by atoms with E-state index in [0.29, 0.717) is 12.1 Å². The van der Waals surface area contributed by atoms with Crippen molar-refractivity contribution in [3.8, 4) is 0 Å². The van der Waals surface area contributed by atoms with Crippen molar-refractivity contribution < 1.29 is 5.21 Å². The molecule has 2 nitrogen and oxygen atoms in total. The van der Waals surface area contributed by atoms with Gasteiger partial charge in [-0.2, -0.15) is 0 Å². The van der Waals surface area contributed by atoms with Crippen LogP contribution in [-0.4, -0.2) is 10.9 Å². The second-order valence-electron chi connectivity index (χ2n) is 2.64. The van der Waals surface area contributed by atoms with Gasteiger partial charge in [-0.25, -0.2) is 0 Å². The Bertz CT molecular complexity index is 296. The van der Waals surface area contributed by atoms with E-state index in [2.05, 4.69) is 21.1 Å². The molecule has 0 saturated carbocycles. The van der Waals surface area contributed by atoms with E-state index in [4.69, 9.17) is 5.21 Å². The second-order valence-corrected chi connectivity index (χ2v) is 3.56. The summed E-state index contributed by atoms with van der Waals surface area (Å²) in [6, 6.07) is 7.94. The van der Waals surface area contributed by atoms with Gasteiger partial charge in [-0.3, -0.25) is 0 Å². The fourth-order valence-electron chi connectivity index (χ4n) is 0.978. The molecule has 0 heterocycles. The molecule has 0 aliphatic heterocycles. The fraction of sp³-hybridized carbons (Fsp3) is 0.222. The molecule has 0 aliphatic rings. The largest absolute Gasteiger partial charge is 0.411 e. The lowest BCUT2D eigenvalue weighted by Gasteiger charge is -1.99. The molecule has 0 aliphatic carbocycles. The van der Waals surface area contributed by atoms with Gasteiger partial charge in [0.2, 0.25) is 0 Å². The summed E-state index contributed by atoms with van der Waals surface area (Å²) in [6.45, 7) is 1.79. The van der Waals surface area contributed by atoms with Gasteiger partial charge in [0.05, 0.1) is 5.71 Å². The molecule has 3 heteroatoms. The number of hydrogen-bond acceptors (Lipinski definition) is 2. The normalized spacial score (nSPS) is 11.7. The second kappa shape index (κ2) is 4.26. The minimum atomic E-state index is 0.690. The van der Waals surface area contributed by atoms with Crippen LogP contribution in [0.4, 0.5) is 0 Å². The summed E-state index contributed by atoms with van der Waals surface area (Å²) in [6.07, 6.45) is 0.690. The molecule has 0 aromatic heterocycles. The minimum absolute atomic E-state index is 0.690. The van der Waals surface area contributed by atoms with Gasteiger partial charge in [-0.15, -0.1) is 0 Å². The van der Waals surface area contributed by atoms with E-state index in [1.54, 1.807) is 6.92 Å². The lowest BCUT2D eigenvalue weighted by molar-refractivity contribution is 0.317. The molecule has 64 valence electrons. The number of oxime groups is 1. The molecule has 1 aromatic carbocycles. The Morgan fingerprint density at radius 1 is 1.58 bits per heavy atom. The van der Waals surface area contributed by atoms with Crippen molar-refractivity contribution in [3.05, 3.63) is 34.3 Å². The molecule has 0 amide bonds. The van der Waals surface area contributed by atoms with Crippen molar-refractivity contribution >= 4 is 21.6 Å². The first-order valence-corrected chi connectivity index (χ1v) is 4.43. The van der Waals surface area contributed by atoms with E-state index in [1.807, 2.05) is 24.3 Å². The van der Waals surface area contributed by atoms with E-state index in [9.17, 15) is 0 Å². The zero-order valence-corrected chi connectivity index (χ0v) is 8.37. The third-order valence-corrected chi connectivity index (χ3v) is 2.01. The van der Waals surface area contributed by atoms with E-state index in [0.717, 1.165) is 10.0 Å². The molecule has 0 radical (unpaired) electrons. The van der Waals surface area contributed by atoms with Crippen LogP contribution in [0, 0.1) is 0 Å². The highest BCUT2D eigenvalue weighted by molar-refractivity contribution is 9.10. The standard InChI is InChI=1S/C9H10BrNO/c1-7(11-12)5-8-3-2-4-9(10)6-8/h2-4,6,12H,5H2,1H3. The number of nitrogens with zero attached hydrogens (tertiary/aromatic N) is 1. The first-order chi connectivity index (χ1) is 5.72. The molecule has 0 unspecified atom stereocenters. The Kier molecular flexibility index (Phi) is 3.29. The van der Waals surface area contributed by atoms with Crippen LogP contribution < -0.4 is 0 Å². The minimum Gasteiger partial charge on any atom is -0.411 e. The van der Waals surface area contributed by atoms with Crippen molar-refractivity contribution in [2.45, 2.75) is 13.3 Å². The monoisotopic (exact) mass is 227 g/mol. The van der Waals surface area contributed by atoms with Crippen molar-refractivity contribution in [2.24, 2.45) is 5.16 Å². The molecule has 0 spiro atoms. The molecule has 1 rings (SSSR count). The topological polar surface area (TPSA) is 32.6 Å². The highest BCUT2D eigenvalue weighted by atomic mass is 79.9. The van der Waals surface area contributed by atoms with Gasteiger partial charge in [0.25, 0.3) is 0 Å².